The number of nitrogens with zero attached hydrogens (tertiary/aromatic N) is 1. The summed E-state index contributed by atoms with van der Waals surface area (Å²) in [6, 6.07) is -0.0152. The molecule has 5 nitrogen and oxygen atoms in total. The molecule has 94 valence electrons. The molecule has 17 heavy (non-hydrogen) atoms. The lowest BCUT2D eigenvalue weighted by atomic mass is 9.91. The predicted octanol–water partition coefficient (Wildman–Crippen LogP) is 0.235. The minimum atomic E-state index is -0.225. The molecule has 2 fully saturated rings. The zero-order valence-electron chi connectivity index (χ0n) is 10.1. The Morgan fingerprint density at radius 2 is 1.88 bits per heavy atom. The number of rotatable bonds is 2. The zero-order chi connectivity index (χ0) is 12.4. The Labute approximate surface area is 101 Å². The third kappa shape index (κ3) is 2.54. The molecule has 2 rings (SSSR count). The molecule has 0 aromatic heterocycles. The van der Waals surface area contributed by atoms with E-state index in [4.69, 9.17) is 0 Å². The average Bonchev–Trinajstić information content (AvgIpc) is 2.29. The van der Waals surface area contributed by atoms with E-state index in [1.54, 1.807) is 0 Å². The first-order chi connectivity index (χ1) is 8.11. The number of hydrogen-bond acceptors (Lipinski definition) is 4. The number of carbonyl (C=O) groups excluding carboxylic acids is 3. The van der Waals surface area contributed by atoms with Crippen molar-refractivity contribution in [1.82, 2.24) is 10.2 Å². The molecule has 2 amide bonds. The normalized spacial score (nSPS) is 28.3. The standard InChI is InChI=1S/C12H18N2O3/c1-2-10-12(17)13-11(16)7-14(10)8-3-5-9(15)6-4-8/h8,10H,2-7H2,1H3,(H,13,16,17). The second-order valence-corrected chi connectivity index (χ2v) is 4.78. The summed E-state index contributed by atoms with van der Waals surface area (Å²) in [5.41, 5.74) is 0. The van der Waals surface area contributed by atoms with Gasteiger partial charge in [-0.2, -0.15) is 0 Å². The SMILES string of the molecule is CCC1C(=O)NC(=O)CN1C1CCC(=O)CC1. The van der Waals surface area contributed by atoms with Gasteiger partial charge in [-0.1, -0.05) is 6.92 Å². The molecule has 1 saturated heterocycles. The van der Waals surface area contributed by atoms with Crippen LogP contribution in [-0.2, 0) is 14.4 Å². The molecule has 5 heteroatoms. The van der Waals surface area contributed by atoms with Gasteiger partial charge in [0.15, 0.2) is 0 Å². The fraction of sp³-hybridized carbons (Fsp3) is 0.750. The van der Waals surface area contributed by atoms with Crippen LogP contribution >= 0.6 is 0 Å². The lowest BCUT2D eigenvalue weighted by Gasteiger charge is -2.40. The van der Waals surface area contributed by atoms with E-state index in [1.165, 1.54) is 0 Å². The first-order valence-electron chi connectivity index (χ1n) is 6.23. The van der Waals surface area contributed by atoms with Gasteiger partial charge in [0.2, 0.25) is 11.8 Å². The summed E-state index contributed by atoms with van der Waals surface area (Å²) >= 11 is 0. The summed E-state index contributed by atoms with van der Waals surface area (Å²) in [5, 5.41) is 2.37. The summed E-state index contributed by atoms with van der Waals surface area (Å²) in [4.78, 5) is 36.3. The molecule has 1 N–H and O–H groups in total. The number of ketones is 1. The van der Waals surface area contributed by atoms with Crippen molar-refractivity contribution in [3.05, 3.63) is 0 Å². The van der Waals surface area contributed by atoms with Gasteiger partial charge in [-0.25, -0.2) is 0 Å². The van der Waals surface area contributed by atoms with E-state index in [-0.39, 0.29) is 30.4 Å². The van der Waals surface area contributed by atoms with Gasteiger partial charge >= 0.3 is 0 Å². The first-order valence-corrected chi connectivity index (χ1v) is 6.23. The Hall–Kier alpha value is -1.23. The third-order valence-corrected chi connectivity index (χ3v) is 3.66. The Bertz CT molecular complexity index is 344. The highest BCUT2D eigenvalue weighted by Crippen LogP contribution is 2.24. The Balaban J connectivity index is 2.08. The minimum Gasteiger partial charge on any atom is -0.300 e. The fourth-order valence-corrected chi connectivity index (χ4v) is 2.75. The van der Waals surface area contributed by atoms with Gasteiger partial charge in [0.05, 0.1) is 12.6 Å². The van der Waals surface area contributed by atoms with Crippen molar-refractivity contribution in [1.29, 1.82) is 0 Å². The Morgan fingerprint density at radius 3 is 2.47 bits per heavy atom. The van der Waals surface area contributed by atoms with Crippen molar-refractivity contribution in [3.8, 4) is 0 Å². The Kier molecular flexibility index (Phi) is 3.57. The van der Waals surface area contributed by atoms with Crippen LogP contribution in [0.25, 0.3) is 0 Å². The van der Waals surface area contributed by atoms with Gasteiger partial charge in [0, 0.05) is 18.9 Å². The van der Waals surface area contributed by atoms with Crippen LogP contribution in [0.2, 0.25) is 0 Å². The number of nitrogens with one attached hydrogen (secondary N) is 1. The van der Waals surface area contributed by atoms with Gasteiger partial charge in [-0.15, -0.1) is 0 Å². The van der Waals surface area contributed by atoms with E-state index in [1.807, 2.05) is 11.8 Å². The maximum absolute atomic E-state index is 11.7. The van der Waals surface area contributed by atoms with Crippen LogP contribution in [0.15, 0.2) is 0 Å². The lowest BCUT2D eigenvalue weighted by Crippen LogP contribution is -2.61. The molecule has 1 saturated carbocycles. The van der Waals surface area contributed by atoms with E-state index < -0.39 is 0 Å². The number of amides is 2. The fourth-order valence-electron chi connectivity index (χ4n) is 2.75. The molecule has 0 aromatic carbocycles. The molecule has 0 aromatic rings. The largest absolute Gasteiger partial charge is 0.300 e. The minimum absolute atomic E-state index is 0.194. The average molecular weight is 238 g/mol. The molecule has 0 spiro atoms. The van der Waals surface area contributed by atoms with Gasteiger partial charge in [-0.05, 0) is 19.3 Å². The van der Waals surface area contributed by atoms with E-state index in [0.29, 0.717) is 25.0 Å². The molecule has 0 radical (unpaired) electrons. The second kappa shape index (κ2) is 4.96. The summed E-state index contributed by atoms with van der Waals surface area (Å²) < 4.78 is 0. The molecule has 1 unspecified atom stereocenters. The van der Waals surface area contributed by atoms with Gasteiger partial charge in [0.25, 0.3) is 0 Å². The van der Waals surface area contributed by atoms with Crippen LogP contribution in [0.3, 0.4) is 0 Å². The van der Waals surface area contributed by atoms with Gasteiger partial charge in [-0.3, -0.25) is 24.6 Å². The van der Waals surface area contributed by atoms with Crippen LogP contribution in [0.5, 0.6) is 0 Å². The topological polar surface area (TPSA) is 66.5 Å². The number of piperazine rings is 1. The van der Waals surface area contributed by atoms with E-state index in [9.17, 15) is 14.4 Å². The van der Waals surface area contributed by atoms with Crippen molar-refractivity contribution in [2.45, 2.75) is 51.1 Å². The van der Waals surface area contributed by atoms with Crippen molar-refractivity contribution < 1.29 is 14.4 Å². The highest BCUT2D eigenvalue weighted by Gasteiger charge is 2.37. The highest BCUT2D eigenvalue weighted by atomic mass is 16.2. The van der Waals surface area contributed by atoms with Crippen LogP contribution in [-0.4, -0.2) is 41.1 Å². The van der Waals surface area contributed by atoms with Gasteiger partial charge in [0.1, 0.15) is 5.78 Å². The maximum Gasteiger partial charge on any atom is 0.243 e. The monoisotopic (exact) mass is 238 g/mol. The molecule has 1 heterocycles. The number of imide groups is 1. The molecule has 2 aliphatic rings. The summed E-state index contributed by atoms with van der Waals surface area (Å²) in [6.07, 6.45) is 3.40. The van der Waals surface area contributed by atoms with E-state index in [2.05, 4.69) is 5.32 Å². The Morgan fingerprint density at radius 1 is 1.24 bits per heavy atom. The third-order valence-electron chi connectivity index (χ3n) is 3.66. The number of Topliss-reactive ketones (excluding diaryl/α,β-unsaturated/α-hetero) is 1. The summed E-state index contributed by atoms with van der Waals surface area (Å²) in [5.74, 6) is -0.126. The maximum atomic E-state index is 11.7. The van der Waals surface area contributed by atoms with Gasteiger partial charge < -0.3 is 0 Å². The molecule has 1 aliphatic heterocycles. The van der Waals surface area contributed by atoms with Crippen molar-refractivity contribution in [3.63, 3.8) is 0 Å². The van der Waals surface area contributed by atoms with Crippen LogP contribution in [0.1, 0.15) is 39.0 Å². The summed E-state index contributed by atoms with van der Waals surface area (Å²) in [7, 11) is 0. The molecule has 0 bridgehead atoms. The quantitative estimate of drug-likeness (QED) is 0.700. The van der Waals surface area contributed by atoms with Crippen molar-refractivity contribution in [2.24, 2.45) is 0 Å². The number of hydrogen-bond donors (Lipinski definition) is 1. The molecule has 1 aliphatic carbocycles. The first kappa shape index (κ1) is 12.2. The van der Waals surface area contributed by atoms with Crippen molar-refractivity contribution in [2.75, 3.05) is 6.54 Å². The number of carbonyl (C=O) groups is 3. The van der Waals surface area contributed by atoms with Crippen LogP contribution in [0, 0.1) is 0 Å². The lowest BCUT2D eigenvalue weighted by molar-refractivity contribution is -0.142. The van der Waals surface area contributed by atoms with Crippen molar-refractivity contribution >= 4 is 17.6 Å². The van der Waals surface area contributed by atoms with E-state index in [0.717, 1.165) is 12.8 Å². The second-order valence-electron chi connectivity index (χ2n) is 4.78. The van der Waals surface area contributed by atoms with Crippen LogP contribution < -0.4 is 5.32 Å². The predicted molar refractivity (Wildman–Crippen MR) is 61.2 cm³/mol. The smallest absolute Gasteiger partial charge is 0.243 e. The zero-order valence-corrected chi connectivity index (χ0v) is 10.1. The molecular weight excluding hydrogens is 220 g/mol. The summed E-state index contributed by atoms with van der Waals surface area (Å²) in [6.45, 7) is 2.23. The molecule has 1 atom stereocenters. The molecular formula is C12H18N2O3. The van der Waals surface area contributed by atoms with Crippen LogP contribution in [0.4, 0.5) is 0 Å². The highest BCUT2D eigenvalue weighted by molar-refractivity contribution is 6.01. The van der Waals surface area contributed by atoms with E-state index >= 15 is 0 Å².